The van der Waals surface area contributed by atoms with Crippen LogP contribution in [0.25, 0.3) is 0 Å². The van der Waals surface area contributed by atoms with Gasteiger partial charge in [-0.1, -0.05) is 19.1 Å². The van der Waals surface area contributed by atoms with Crippen LogP contribution >= 0.6 is 0 Å². The maximum Gasteiger partial charge on any atom is 0.0982 e. The molecule has 0 spiro atoms. The van der Waals surface area contributed by atoms with Crippen LogP contribution in [-0.4, -0.2) is 24.4 Å². The van der Waals surface area contributed by atoms with Crippen LogP contribution in [0.5, 0.6) is 0 Å². The van der Waals surface area contributed by atoms with Gasteiger partial charge in [-0.2, -0.15) is 0 Å². The van der Waals surface area contributed by atoms with Crippen LogP contribution in [0, 0.1) is 6.92 Å². The summed E-state index contributed by atoms with van der Waals surface area (Å²) < 4.78 is 4.80. The molecular formula is C8H15O2. The average molecular weight is 143 g/mol. The van der Waals surface area contributed by atoms with Gasteiger partial charge in [0.1, 0.15) is 0 Å². The van der Waals surface area contributed by atoms with Gasteiger partial charge in [-0.3, -0.25) is 0 Å². The van der Waals surface area contributed by atoms with Crippen molar-refractivity contribution < 1.29 is 9.84 Å². The number of methoxy groups -OCH3 is 1. The van der Waals surface area contributed by atoms with Gasteiger partial charge in [-0.25, -0.2) is 0 Å². The molecule has 0 bridgehead atoms. The number of aliphatic hydroxyl groups is 1. The Morgan fingerprint density at radius 1 is 1.70 bits per heavy atom. The van der Waals surface area contributed by atoms with Crippen molar-refractivity contribution in [3.63, 3.8) is 0 Å². The molecule has 0 aliphatic heterocycles. The van der Waals surface area contributed by atoms with E-state index in [1.807, 2.05) is 13.0 Å². The minimum atomic E-state index is -0.579. The zero-order chi connectivity index (χ0) is 7.98. The monoisotopic (exact) mass is 143 g/mol. The Bertz CT molecular complexity index is 99.4. The van der Waals surface area contributed by atoms with Crippen LogP contribution in [0.1, 0.15) is 13.3 Å². The molecule has 0 fully saturated rings. The molecule has 2 heteroatoms. The smallest absolute Gasteiger partial charge is 0.0982 e. The number of rotatable bonds is 4. The predicted octanol–water partition coefficient (Wildman–Crippen LogP) is 1.16. The fraction of sp³-hybridized carbons (Fsp3) is 0.625. The molecule has 0 amide bonds. The van der Waals surface area contributed by atoms with E-state index in [1.165, 1.54) is 7.11 Å². The molecule has 1 radical (unpaired) electrons. The van der Waals surface area contributed by atoms with Crippen LogP contribution in [-0.2, 0) is 4.74 Å². The minimum Gasteiger partial charge on any atom is -0.386 e. The molecule has 2 nitrogen and oxygen atoms in total. The van der Waals surface area contributed by atoms with E-state index >= 15 is 0 Å². The SMILES string of the molecule is [CH2]C(OC)C(O)C=CCC. The highest BCUT2D eigenvalue weighted by atomic mass is 16.5. The van der Waals surface area contributed by atoms with Crippen molar-refractivity contribution in [1.82, 2.24) is 0 Å². The van der Waals surface area contributed by atoms with Crippen molar-refractivity contribution in [2.75, 3.05) is 7.11 Å². The van der Waals surface area contributed by atoms with E-state index in [4.69, 9.17) is 4.74 Å². The fourth-order valence-electron chi connectivity index (χ4n) is 0.539. The Balaban J connectivity index is 3.60. The molecule has 0 aromatic heterocycles. The second-order valence-electron chi connectivity index (χ2n) is 2.10. The summed E-state index contributed by atoms with van der Waals surface area (Å²) >= 11 is 0. The van der Waals surface area contributed by atoms with Crippen molar-refractivity contribution in [3.8, 4) is 0 Å². The maximum absolute atomic E-state index is 9.17. The molecule has 0 aliphatic rings. The van der Waals surface area contributed by atoms with Crippen LogP contribution in [0.4, 0.5) is 0 Å². The molecule has 0 saturated heterocycles. The highest BCUT2D eigenvalue weighted by molar-refractivity contribution is 4.92. The molecule has 2 atom stereocenters. The zero-order valence-electron chi connectivity index (χ0n) is 6.58. The van der Waals surface area contributed by atoms with Gasteiger partial charge >= 0.3 is 0 Å². The summed E-state index contributed by atoms with van der Waals surface area (Å²) in [6.45, 7) is 5.59. The second-order valence-corrected chi connectivity index (χ2v) is 2.10. The number of aliphatic hydroxyl groups excluding tert-OH is 1. The van der Waals surface area contributed by atoms with E-state index in [1.54, 1.807) is 6.08 Å². The molecule has 2 unspecified atom stereocenters. The number of hydrogen-bond acceptors (Lipinski definition) is 2. The van der Waals surface area contributed by atoms with E-state index in [9.17, 15) is 5.11 Å². The van der Waals surface area contributed by atoms with Gasteiger partial charge in [0, 0.05) is 7.11 Å². The van der Waals surface area contributed by atoms with Gasteiger partial charge in [0.15, 0.2) is 0 Å². The standard InChI is InChI=1S/C8H15O2/c1-4-5-6-8(9)7(2)10-3/h5-9H,2,4H2,1,3H3. The van der Waals surface area contributed by atoms with E-state index < -0.39 is 6.10 Å². The Morgan fingerprint density at radius 3 is 2.70 bits per heavy atom. The average Bonchev–Trinajstić information content (AvgIpc) is 1.98. The van der Waals surface area contributed by atoms with E-state index in [0.717, 1.165) is 6.42 Å². The van der Waals surface area contributed by atoms with Crippen LogP contribution < -0.4 is 0 Å². The van der Waals surface area contributed by atoms with Gasteiger partial charge in [-0.05, 0) is 13.3 Å². The highest BCUT2D eigenvalue weighted by Gasteiger charge is 2.07. The lowest BCUT2D eigenvalue weighted by Gasteiger charge is -2.12. The Labute approximate surface area is 62.5 Å². The van der Waals surface area contributed by atoms with Crippen molar-refractivity contribution in [1.29, 1.82) is 0 Å². The molecule has 0 aliphatic carbocycles. The van der Waals surface area contributed by atoms with Gasteiger partial charge in [0.25, 0.3) is 0 Å². The highest BCUT2D eigenvalue weighted by Crippen LogP contribution is 1.98. The van der Waals surface area contributed by atoms with Gasteiger partial charge in [0.2, 0.25) is 0 Å². The fourth-order valence-corrected chi connectivity index (χ4v) is 0.539. The van der Waals surface area contributed by atoms with Crippen molar-refractivity contribution in [3.05, 3.63) is 19.1 Å². The quantitative estimate of drug-likeness (QED) is 0.598. The summed E-state index contributed by atoms with van der Waals surface area (Å²) in [5, 5.41) is 9.17. The summed E-state index contributed by atoms with van der Waals surface area (Å²) in [6.07, 6.45) is 3.57. The molecule has 0 rings (SSSR count). The predicted molar refractivity (Wildman–Crippen MR) is 41.6 cm³/mol. The number of ether oxygens (including phenoxy) is 1. The van der Waals surface area contributed by atoms with E-state index in [2.05, 4.69) is 6.92 Å². The molecule has 0 heterocycles. The maximum atomic E-state index is 9.17. The third-order valence-electron chi connectivity index (χ3n) is 1.25. The summed E-state index contributed by atoms with van der Waals surface area (Å²) in [5.74, 6) is 0. The molecule has 0 saturated carbocycles. The molecule has 0 aromatic rings. The zero-order valence-corrected chi connectivity index (χ0v) is 6.58. The second kappa shape index (κ2) is 5.45. The van der Waals surface area contributed by atoms with Crippen molar-refractivity contribution in [2.24, 2.45) is 0 Å². The third kappa shape index (κ3) is 3.64. The largest absolute Gasteiger partial charge is 0.386 e. The first-order chi connectivity index (χ1) is 4.72. The third-order valence-corrected chi connectivity index (χ3v) is 1.25. The van der Waals surface area contributed by atoms with Crippen LogP contribution in [0.3, 0.4) is 0 Å². The molecule has 10 heavy (non-hydrogen) atoms. The van der Waals surface area contributed by atoms with Gasteiger partial charge in [0.05, 0.1) is 12.2 Å². The Hall–Kier alpha value is -0.340. The topological polar surface area (TPSA) is 29.5 Å². The van der Waals surface area contributed by atoms with Crippen LogP contribution in [0.2, 0.25) is 0 Å². The van der Waals surface area contributed by atoms with Crippen LogP contribution in [0.15, 0.2) is 12.2 Å². The van der Waals surface area contributed by atoms with Crippen molar-refractivity contribution in [2.45, 2.75) is 25.6 Å². The lowest BCUT2D eigenvalue weighted by Crippen LogP contribution is -2.22. The first kappa shape index (κ1) is 9.66. The van der Waals surface area contributed by atoms with Gasteiger partial charge < -0.3 is 9.84 Å². The van der Waals surface area contributed by atoms with Gasteiger partial charge in [-0.15, -0.1) is 0 Å². The van der Waals surface area contributed by atoms with E-state index in [0.29, 0.717) is 0 Å². The Morgan fingerprint density at radius 2 is 2.30 bits per heavy atom. The summed E-state index contributed by atoms with van der Waals surface area (Å²) in [6, 6.07) is 0. The number of hydrogen-bond donors (Lipinski definition) is 1. The van der Waals surface area contributed by atoms with Crippen molar-refractivity contribution >= 4 is 0 Å². The lowest BCUT2D eigenvalue weighted by molar-refractivity contribution is 0.0409. The molecule has 0 aromatic carbocycles. The summed E-state index contributed by atoms with van der Waals surface area (Å²) in [4.78, 5) is 0. The molecular weight excluding hydrogens is 128 g/mol. The lowest BCUT2D eigenvalue weighted by atomic mass is 10.2. The first-order valence-electron chi connectivity index (χ1n) is 3.43. The normalized spacial score (nSPS) is 17.6. The van der Waals surface area contributed by atoms with E-state index in [-0.39, 0.29) is 6.10 Å². The summed E-state index contributed by atoms with van der Waals surface area (Å²) in [7, 11) is 1.53. The molecule has 59 valence electrons. The molecule has 1 N–H and O–H groups in total. The minimum absolute atomic E-state index is 0.359. The summed E-state index contributed by atoms with van der Waals surface area (Å²) in [5.41, 5.74) is 0. The Kier molecular flexibility index (Phi) is 5.26. The number of allylic oxidation sites excluding steroid dienone is 1. The first-order valence-corrected chi connectivity index (χ1v) is 3.43.